The summed E-state index contributed by atoms with van der Waals surface area (Å²) < 4.78 is 6.35. The van der Waals surface area contributed by atoms with Gasteiger partial charge < -0.3 is 20.0 Å². The van der Waals surface area contributed by atoms with Crippen molar-refractivity contribution in [2.45, 2.75) is 19.0 Å². The highest BCUT2D eigenvalue weighted by Gasteiger charge is 2.42. The first kappa shape index (κ1) is 22.1. The lowest BCUT2D eigenvalue weighted by Gasteiger charge is -2.26. The molecule has 0 bridgehead atoms. The monoisotopic (exact) mass is 488 g/mol. The van der Waals surface area contributed by atoms with Gasteiger partial charge in [-0.1, -0.05) is 17.7 Å². The van der Waals surface area contributed by atoms with Gasteiger partial charge in [0.1, 0.15) is 17.6 Å². The number of aromatic nitrogens is 1. The molecule has 170 valence electrons. The predicted molar refractivity (Wildman–Crippen MR) is 138 cm³/mol. The minimum absolute atomic E-state index is 0.121. The SMILES string of the molecule is CC(=O)Nc1ccc(N2C(=S)N[C@H](c3ccccn3)[C@@H]2c2ccc(-c3ccc(Cl)cc3)o2)cc1. The molecule has 5 rings (SSSR count). The van der Waals surface area contributed by atoms with E-state index >= 15 is 0 Å². The first-order valence-electron chi connectivity index (χ1n) is 10.7. The average molecular weight is 489 g/mol. The van der Waals surface area contributed by atoms with Crippen LogP contribution in [0.25, 0.3) is 11.3 Å². The fourth-order valence-corrected chi connectivity index (χ4v) is 4.58. The molecule has 2 aromatic heterocycles. The van der Waals surface area contributed by atoms with Crippen LogP contribution in [0.1, 0.15) is 30.5 Å². The minimum atomic E-state index is -0.268. The normalized spacial score (nSPS) is 17.5. The first-order valence-corrected chi connectivity index (χ1v) is 11.5. The molecular formula is C26H21ClN4O2S. The summed E-state index contributed by atoms with van der Waals surface area (Å²) >= 11 is 11.8. The molecule has 1 aliphatic heterocycles. The van der Waals surface area contributed by atoms with Crippen molar-refractivity contribution in [1.82, 2.24) is 10.3 Å². The number of anilines is 2. The summed E-state index contributed by atoms with van der Waals surface area (Å²) in [5.74, 6) is 1.37. The van der Waals surface area contributed by atoms with Crippen molar-refractivity contribution in [2.75, 3.05) is 10.2 Å². The van der Waals surface area contributed by atoms with Gasteiger partial charge in [0.15, 0.2) is 5.11 Å². The van der Waals surface area contributed by atoms with Gasteiger partial charge in [-0.05, 0) is 85.0 Å². The maximum Gasteiger partial charge on any atom is 0.221 e. The van der Waals surface area contributed by atoms with E-state index in [4.69, 9.17) is 28.2 Å². The molecule has 2 N–H and O–H groups in total. The van der Waals surface area contributed by atoms with E-state index in [-0.39, 0.29) is 18.0 Å². The Morgan fingerprint density at radius 2 is 1.82 bits per heavy atom. The maximum absolute atomic E-state index is 11.4. The van der Waals surface area contributed by atoms with Crippen molar-refractivity contribution < 1.29 is 9.21 Å². The zero-order chi connectivity index (χ0) is 23.7. The van der Waals surface area contributed by atoms with E-state index in [1.54, 1.807) is 6.20 Å². The Labute approximate surface area is 207 Å². The van der Waals surface area contributed by atoms with Gasteiger partial charge in [-0.2, -0.15) is 0 Å². The van der Waals surface area contributed by atoms with Gasteiger partial charge in [-0.25, -0.2) is 0 Å². The Hall–Kier alpha value is -3.68. The first-order chi connectivity index (χ1) is 16.5. The van der Waals surface area contributed by atoms with E-state index in [2.05, 4.69) is 15.6 Å². The topological polar surface area (TPSA) is 70.4 Å². The number of halogens is 1. The second kappa shape index (κ2) is 9.29. The molecule has 0 aliphatic carbocycles. The summed E-state index contributed by atoms with van der Waals surface area (Å²) in [4.78, 5) is 18.0. The van der Waals surface area contributed by atoms with Crippen molar-refractivity contribution in [3.8, 4) is 11.3 Å². The molecule has 0 spiro atoms. The molecule has 8 heteroatoms. The lowest BCUT2D eigenvalue weighted by molar-refractivity contribution is -0.114. The summed E-state index contributed by atoms with van der Waals surface area (Å²) in [6.45, 7) is 1.48. The van der Waals surface area contributed by atoms with Crippen LogP contribution in [-0.2, 0) is 4.79 Å². The molecule has 6 nitrogen and oxygen atoms in total. The Balaban J connectivity index is 1.55. The van der Waals surface area contributed by atoms with Gasteiger partial charge >= 0.3 is 0 Å². The Kier molecular flexibility index (Phi) is 6.04. The average Bonchev–Trinajstić information content (AvgIpc) is 3.45. The van der Waals surface area contributed by atoms with Crippen molar-refractivity contribution in [2.24, 2.45) is 0 Å². The number of nitrogens with zero attached hydrogens (tertiary/aromatic N) is 2. The van der Waals surface area contributed by atoms with Crippen LogP contribution in [-0.4, -0.2) is 16.0 Å². The van der Waals surface area contributed by atoms with Crippen molar-refractivity contribution >= 4 is 46.2 Å². The zero-order valence-electron chi connectivity index (χ0n) is 18.2. The van der Waals surface area contributed by atoms with Crippen LogP contribution in [0.4, 0.5) is 11.4 Å². The van der Waals surface area contributed by atoms with E-state index < -0.39 is 0 Å². The highest BCUT2D eigenvalue weighted by Crippen LogP contribution is 2.43. The lowest BCUT2D eigenvalue weighted by Crippen LogP contribution is -2.29. The smallest absolute Gasteiger partial charge is 0.221 e. The fourth-order valence-electron chi connectivity index (χ4n) is 4.11. The highest BCUT2D eigenvalue weighted by atomic mass is 35.5. The third-order valence-electron chi connectivity index (χ3n) is 5.61. The van der Waals surface area contributed by atoms with Crippen LogP contribution in [0.2, 0.25) is 5.02 Å². The molecular weight excluding hydrogens is 468 g/mol. The summed E-state index contributed by atoms with van der Waals surface area (Å²) in [5, 5.41) is 7.45. The van der Waals surface area contributed by atoms with Crippen LogP contribution < -0.4 is 15.5 Å². The number of carbonyl (C=O) groups is 1. The molecule has 3 heterocycles. The fraction of sp³-hybridized carbons (Fsp3) is 0.115. The third kappa shape index (κ3) is 4.40. The number of carbonyl (C=O) groups excluding carboxylic acids is 1. The van der Waals surface area contributed by atoms with E-state index in [1.807, 2.05) is 83.8 Å². The van der Waals surface area contributed by atoms with Gasteiger partial charge in [0, 0.05) is 35.1 Å². The van der Waals surface area contributed by atoms with Crippen molar-refractivity contribution in [3.63, 3.8) is 0 Å². The molecule has 1 fully saturated rings. The van der Waals surface area contributed by atoms with Crippen LogP contribution in [0.3, 0.4) is 0 Å². The quantitative estimate of drug-likeness (QED) is 0.329. The molecule has 4 aromatic rings. The van der Waals surface area contributed by atoms with E-state index in [9.17, 15) is 4.79 Å². The standard InChI is InChI=1S/C26H21ClN4O2S/c1-16(32)29-19-9-11-20(12-10-19)31-25(24(30-26(31)34)21-4-2-3-15-28-21)23-14-13-22(33-23)17-5-7-18(27)8-6-17/h2-15,24-25H,1H3,(H,29,32)(H,30,34)/t24-,25+/m1/s1. The number of hydrogen-bond acceptors (Lipinski definition) is 4. The van der Waals surface area contributed by atoms with E-state index in [0.29, 0.717) is 10.1 Å². The van der Waals surface area contributed by atoms with Crippen molar-refractivity contribution in [1.29, 1.82) is 0 Å². The number of furan rings is 1. The summed E-state index contributed by atoms with van der Waals surface area (Å²) in [7, 11) is 0. The minimum Gasteiger partial charge on any atom is -0.459 e. The van der Waals surface area contributed by atoms with E-state index in [0.717, 1.165) is 34.2 Å². The van der Waals surface area contributed by atoms with E-state index in [1.165, 1.54) is 6.92 Å². The Bertz CT molecular complexity index is 1320. The van der Waals surface area contributed by atoms with Gasteiger partial charge in [-0.3, -0.25) is 9.78 Å². The van der Waals surface area contributed by atoms with Gasteiger partial charge in [-0.15, -0.1) is 0 Å². The van der Waals surface area contributed by atoms with Crippen LogP contribution in [0.5, 0.6) is 0 Å². The van der Waals surface area contributed by atoms with Crippen LogP contribution in [0.15, 0.2) is 89.5 Å². The Morgan fingerprint density at radius 1 is 1.06 bits per heavy atom. The highest BCUT2D eigenvalue weighted by molar-refractivity contribution is 7.80. The Morgan fingerprint density at radius 3 is 2.50 bits per heavy atom. The summed E-state index contributed by atoms with van der Waals surface area (Å²) in [6.07, 6.45) is 1.77. The maximum atomic E-state index is 11.4. The van der Waals surface area contributed by atoms with Crippen LogP contribution >= 0.6 is 23.8 Å². The molecule has 0 unspecified atom stereocenters. The lowest BCUT2D eigenvalue weighted by atomic mass is 10.0. The molecule has 1 aliphatic rings. The largest absolute Gasteiger partial charge is 0.459 e. The molecule has 0 radical (unpaired) electrons. The number of amides is 1. The predicted octanol–water partition coefficient (Wildman–Crippen LogP) is 6.13. The molecule has 0 saturated carbocycles. The number of rotatable bonds is 5. The summed E-state index contributed by atoms with van der Waals surface area (Å²) in [5.41, 5.74) is 3.39. The third-order valence-corrected chi connectivity index (χ3v) is 6.18. The number of nitrogens with one attached hydrogen (secondary N) is 2. The summed E-state index contributed by atoms with van der Waals surface area (Å²) in [6, 6.07) is 24.3. The molecule has 1 amide bonds. The number of thiocarbonyl (C=S) groups is 1. The number of pyridine rings is 1. The van der Waals surface area contributed by atoms with Crippen LogP contribution in [0, 0.1) is 0 Å². The molecule has 1 saturated heterocycles. The number of hydrogen-bond donors (Lipinski definition) is 2. The molecule has 34 heavy (non-hydrogen) atoms. The molecule has 2 atom stereocenters. The van der Waals surface area contributed by atoms with Gasteiger partial charge in [0.2, 0.25) is 5.91 Å². The molecule has 2 aromatic carbocycles. The zero-order valence-corrected chi connectivity index (χ0v) is 19.8. The van der Waals surface area contributed by atoms with Gasteiger partial charge in [0.05, 0.1) is 11.7 Å². The second-order valence-electron chi connectivity index (χ2n) is 7.93. The second-order valence-corrected chi connectivity index (χ2v) is 8.76. The van der Waals surface area contributed by atoms with Gasteiger partial charge in [0.25, 0.3) is 0 Å². The van der Waals surface area contributed by atoms with Crippen molar-refractivity contribution in [3.05, 3.63) is 102 Å². The number of benzene rings is 2.